The molecule has 1 heterocycles. The van der Waals surface area contributed by atoms with Crippen molar-refractivity contribution < 1.29 is 0 Å². The third-order valence-electron chi connectivity index (χ3n) is 2.95. The Kier molecular flexibility index (Phi) is 4.47. The molecule has 0 amide bonds. The number of aromatic nitrogens is 2. The molecule has 1 N–H and O–H groups in total. The van der Waals surface area contributed by atoms with E-state index >= 15 is 0 Å². The minimum absolute atomic E-state index is 0.281. The van der Waals surface area contributed by atoms with Gasteiger partial charge in [-0.3, -0.25) is 0 Å². The zero-order chi connectivity index (χ0) is 15.5. The monoisotopic (exact) mass is 351 g/mol. The summed E-state index contributed by atoms with van der Waals surface area (Å²) >= 11 is 13.1. The van der Waals surface area contributed by atoms with Crippen LogP contribution in [0, 0.1) is 0 Å². The van der Waals surface area contributed by atoms with E-state index in [1.807, 2.05) is 30.3 Å². The van der Waals surface area contributed by atoms with Crippen LogP contribution in [0.5, 0.6) is 0 Å². The Morgan fingerprint density at radius 1 is 1.09 bits per heavy atom. The van der Waals surface area contributed by atoms with Crippen LogP contribution in [-0.4, -0.2) is 8.94 Å². The quantitative estimate of drug-likeness (QED) is 0.757. The molecular formula is C15H11Cl2N3OS. The number of rotatable bonds is 4. The van der Waals surface area contributed by atoms with Crippen LogP contribution in [0.15, 0.2) is 53.3 Å². The Morgan fingerprint density at radius 3 is 2.59 bits per heavy atom. The topological polar surface area (TPSA) is 46.9 Å². The molecule has 0 bridgehead atoms. The summed E-state index contributed by atoms with van der Waals surface area (Å²) in [6, 6.07) is 14.9. The van der Waals surface area contributed by atoms with Gasteiger partial charge in [0.05, 0.1) is 16.6 Å². The molecule has 0 unspecified atom stereocenters. The first-order chi connectivity index (χ1) is 10.6. The summed E-state index contributed by atoms with van der Waals surface area (Å²) in [6.07, 6.45) is 0. The van der Waals surface area contributed by atoms with Gasteiger partial charge in [-0.1, -0.05) is 53.5 Å². The molecule has 1 aromatic heterocycles. The van der Waals surface area contributed by atoms with Crippen LogP contribution in [0.4, 0.5) is 10.8 Å². The van der Waals surface area contributed by atoms with Crippen LogP contribution in [0.2, 0.25) is 10.0 Å². The van der Waals surface area contributed by atoms with Gasteiger partial charge in [-0.25, -0.2) is 8.75 Å². The third-order valence-corrected chi connectivity index (χ3v) is 4.56. The van der Waals surface area contributed by atoms with Gasteiger partial charge in [0.1, 0.15) is 0 Å². The predicted octanol–water partition coefficient (Wildman–Crippen LogP) is 4.40. The van der Waals surface area contributed by atoms with Crippen LogP contribution >= 0.6 is 34.7 Å². The van der Waals surface area contributed by atoms with Crippen molar-refractivity contribution in [2.75, 3.05) is 5.32 Å². The fourth-order valence-corrected chi connectivity index (χ4v) is 3.03. The van der Waals surface area contributed by atoms with E-state index in [1.165, 1.54) is 11.5 Å². The van der Waals surface area contributed by atoms with E-state index in [1.54, 1.807) is 22.2 Å². The Hall–Kier alpha value is -1.82. The average Bonchev–Trinajstić information content (AvgIpc) is 2.84. The van der Waals surface area contributed by atoms with Crippen molar-refractivity contribution >= 4 is 45.6 Å². The van der Waals surface area contributed by atoms with Crippen LogP contribution in [0.3, 0.4) is 0 Å². The number of benzene rings is 2. The molecule has 7 heteroatoms. The summed E-state index contributed by atoms with van der Waals surface area (Å²) in [7, 11) is 0. The highest BCUT2D eigenvalue weighted by atomic mass is 35.5. The second kappa shape index (κ2) is 6.52. The summed E-state index contributed by atoms with van der Waals surface area (Å²) < 4.78 is 1.59. The molecule has 22 heavy (non-hydrogen) atoms. The second-order valence-corrected chi connectivity index (χ2v) is 6.39. The standard InChI is InChI=1S/C15H11Cl2N3OS/c16-12-7-6-11(8-13(12)17)18-14-19-15(21)20(22-14)9-10-4-2-1-3-5-10/h1-8H,9H2,(H,18,19,21). The van der Waals surface area contributed by atoms with Crippen LogP contribution in [0.1, 0.15) is 5.56 Å². The van der Waals surface area contributed by atoms with E-state index in [0.717, 1.165) is 11.3 Å². The smallest absolute Gasteiger partial charge is 0.330 e. The van der Waals surface area contributed by atoms with E-state index < -0.39 is 0 Å². The Labute approximate surface area is 141 Å². The van der Waals surface area contributed by atoms with Crippen molar-refractivity contribution in [3.8, 4) is 0 Å². The van der Waals surface area contributed by atoms with Gasteiger partial charge in [0, 0.05) is 5.69 Å². The van der Waals surface area contributed by atoms with Gasteiger partial charge < -0.3 is 5.32 Å². The highest BCUT2D eigenvalue weighted by Gasteiger charge is 2.08. The predicted molar refractivity (Wildman–Crippen MR) is 91.7 cm³/mol. The normalized spacial score (nSPS) is 10.6. The van der Waals surface area contributed by atoms with E-state index in [0.29, 0.717) is 21.7 Å². The summed E-state index contributed by atoms with van der Waals surface area (Å²) in [5.74, 6) is 0. The first kappa shape index (κ1) is 15.1. The maximum Gasteiger partial charge on any atom is 0.360 e. The first-order valence-corrected chi connectivity index (χ1v) is 7.99. The first-order valence-electron chi connectivity index (χ1n) is 6.46. The molecular weight excluding hydrogens is 341 g/mol. The average molecular weight is 352 g/mol. The molecule has 3 aromatic rings. The maximum atomic E-state index is 11.9. The minimum Gasteiger partial charge on any atom is -0.330 e. The van der Waals surface area contributed by atoms with Gasteiger partial charge in [0.25, 0.3) is 0 Å². The minimum atomic E-state index is -0.281. The largest absolute Gasteiger partial charge is 0.360 e. The van der Waals surface area contributed by atoms with Gasteiger partial charge in [0.2, 0.25) is 5.13 Å². The van der Waals surface area contributed by atoms with E-state index in [-0.39, 0.29) is 5.69 Å². The van der Waals surface area contributed by atoms with Crippen LogP contribution < -0.4 is 11.0 Å². The van der Waals surface area contributed by atoms with E-state index in [4.69, 9.17) is 23.2 Å². The lowest BCUT2D eigenvalue weighted by atomic mass is 10.2. The third kappa shape index (κ3) is 3.50. The summed E-state index contributed by atoms with van der Waals surface area (Å²) in [4.78, 5) is 15.9. The number of nitrogens with one attached hydrogen (secondary N) is 1. The molecule has 4 nitrogen and oxygen atoms in total. The number of nitrogens with zero attached hydrogens (tertiary/aromatic N) is 2. The number of anilines is 2. The number of halogens is 2. The van der Waals surface area contributed by atoms with Gasteiger partial charge in [-0.2, -0.15) is 4.98 Å². The van der Waals surface area contributed by atoms with Crippen molar-refractivity contribution in [3.63, 3.8) is 0 Å². The lowest BCUT2D eigenvalue weighted by molar-refractivity contribution is 0.823. The van der Waals surface area contributed by atoms with E-state index in [9.17, 15) is 4.79 Å². The Bertz CT molecular complexity index is 845. The van der Waals surface area contributed by atoms with E-state index in [2.05, 4.69) is 10.3 Å². The van der Waals surface area contributed by atoms with Crippen LogP contribution in [-0.2, 0) is 6.54 Å². The highest BCUT2D eigenvalue weighted by Crippen LogP contribution is 2.27. The molecule has 0 aliphatic heterocycles. The van der Waals surface area contributed by atoms with Gasteiger partial charge in [0.15, 0.2) is 0 Å². The van der Waals surface area contributed by atoms with Gasteiger partial charge >= 0.3 is 5.69 Å². The molecule has 0 aliphatic rings. The maximum absolute atomic E-state index is 11.9. The lowest BCUT2D eigenvalue weighted by Gasteiger charge is -2.03. The van der Waals surface area contributed by atoms with Crippen molar-refractivity contribution in [1.29, 1.82) is 0 Å². The molecule has 2 aromatic carbocycles. The van der Waals surface area contributed by atoms with Crippen molar-refractivity contribution in [3.05, 3.63) is 74.6 Å². The molecule has 0 saturated carbocycles. The van der Waals surface area contributed by atoms with Gasteiger partial charge in [-0.05, 0) is 35.3 Å². The lowest BCUT2D eigenvalue weighted by Crippen LogP contribution is -2.15. The molecule has 0 spiro atoms. The van der Waals surface area contributed by atoms with Gasteiger partial charge in [-0.15, -0.1) is 0 Å². The molecule has 0 atom stereocenters. The summed E-state index contributed by atoms with van der Waals surface area (Å²) in [5, 5.41) is 4.50. The van der Waals surface area contributed by atoms with Crippen molar-refractivity contribution in [2.45, 2.75) is 6.54 Å². The van der Waals surface area contributed by atoms with Crippen molar-refractivity contribution in [1.82, 2.24) is 8.94 Å². The fraction of sp³-hybridized carbons (Fsp3) is 0.0667. The van der Waals surface area contributed by atoms with Crippen molar-refractivity contribution in [2.24, 2.45) is 0 Å². The summed E-state index contributed by atoms with van der Waals surface area (Å²) in [5.41, 5.74) is 1.50. The summed E-state index contributed by atoms with van der Waals surface area (Å²) in [6.45, 7) is 0.500. The number of hydrogen-bond acceptors (Lipinski definition) is 4. The Balaban J connectivity index is 1.80. The molecule has 0 radical (unpaired) electrons. The zero-order valence-electron chi connectivity index (χ0n) is 11.3. The van der Waals surface area contributed by atoms with Crippen LogP contribution in [0.25, 0.3) is 0 Å². The fourth-order valence-electron chi connectivity index (χ4n) is 1.90. The number of hydrogen-bond donors (Lipinski definition) is 1. The molecule has 112 valence electrons. The highest BCUT2D eigenvalue weighted by molar-refractivity contribution is 7.10. The molecule has 0 saturated heterocycles. The molecule has 0 fully saturated rings. The molecule has 0 aliphatic carbocycles. The SMILES string of the molecule is O=c1nc(Nc2ccc(Cl)c(Cl)c2)sn1Cc1ccccc1. The molecule has 3 rings (SSSR count). The second-order valence-electron chi connectivity index (χ2n) is 4.57. The Morgan fingerprint density at radius 2 is 1.86 bits per heavy atom. The zero-order valence-corrected chi connectivity index (χ0v) is 13.6.